The van der Waals surface area contributed by atoms with Gasteiger partial charge in [-0.2, -0.15) is 0 Å². The first-order valence-electron chi connectivity index (χ1n) is 4.59. The fraction of sp³-hybridized carbons (Fsp3) is 0.500. The lowest BCUT2D eigenvalue weighted by atomic mass is 10.2. The molecule has 0 bridgehead atoms. The molecule has 0 aliphatic carbocycles. The Morgan fingerprint density at radius 1 is 1.27 bits per heavy atom. The Hall–Kier alpha value is -1.65. The highest BCUT2D eigenvalue weighted by atomic mass is 16.4. The van der Waals surface area contributed by atoms with Crippen LogP contribution in [0.5, 0.6) is 0 Å². The summed E-state index contributed by atoms with van der Waals surface area (Å²) in [5, 5.41) is 11.0. The number of ketones is 1. The number of Topliss-reactive ketones (excluding diaryl/α,β-unsaturated/α-hetero) is 1. The van der Waals surface area contributed by atoms with E-state index in [4.69, 9.17) is 5.11 Å². The largest absolute Gasteiger partial charge is 0.478 e. The molecule has 0 aliphatic heterocycles. The maximum absolute atomic E-state index is 11.0. The molecular weight excluding hydrogens is 198 g/mol. The second-order valence-electron chi connectivity index (χ2n) is 3.21. The molecule has 5 nitrogen and oxygen atoms in total. The lowest BCUT2D eigenvalue weighted by Gasteiger charge is -2.01. The molecule has 0 fully saturated rings. The number of hydrogen-bond donors (Lipinski definition) is 2. The minimum absolute atomic E-state index is 0.123. The van der Waals surface area contributed by atoms with Crippen LogP contribution in [0.25, 0.3) is 0 Å². The van der Waals surface area contributed by atoms with E-state index < -0.39 is 5.97 Å². The van der Waals surface area contributed by atoms with E-state index in [-0.39, 0.29) is 23.7 Å². The topological polar surface area (TPSA) is 83.5 Å². The second-order valence-corrected chi connectivity index (χ2v) is 3.21. The van der Waals surface area contributed by atoms with Crippen LogP contribution in [0.3, 0.4) is 0 Å². The molecular formula is C10H15NO4. The van der Waals surface area contributed by atoms with Crippen LogP contribution in [-0.2, 0) is 14.4 Å². The van der Waals surface area contributed by atoms with Crippen LogP contribution >= 0.6 is 0 Å². The number of rotatable bonds is 6. The molecule has 0 saturated carbocycles. The molecule has 2 N–H and O–H groups in total. The minimum atomic E-state index is -0.968. The van der Waals surface area contributed by atoms with Gasteiger partial charge in [-0.05, 0) is 20.3 Å². The summed E-state index contributed by atoms with van der Waals surface area (Å²) in [5.74, 6) is -1.49. The fourth-order valence-electron chi connectivity index (χ4n) is 0.876. The smallest absolute Gasteiger partial charge is 0.330 e. The molecule has 0 aromatic rings. The molecule has 0 heterocycles. The van der Waals surface area contributed by atoms with Crippen molar-refractivity contribution in [3.63, 3.8) is 0 Å². The Bertz CT molecular complexity index is 294. The highest BCUT2D eigenvalue weighted by molar-refractivity contribution is 5.96. The number of carbonyl (C=O) groups excluding carboxylic acids is 2. The van der Waals surface area contributed by atoms with Crippen LogP contribution in [0.1, 0.15) is 26.7 Å². The van der Waals surface area contributed by atoms with Gasteiger partial charge in [-0.1, -0.05) is 6.08 Å². The highest BCUT2D eigenvalue weighted by Gasteiger charge is 2.03. The van der Waals surface area contributed by atoms with Gasteiger partial charge in [0.05, 0.1) is 6.42 Å². The van der Waals surface area contributed by atoms with Gasteiger partial charge in [0.25, 0.3) is 0 Å². The number of aliphatic carboxylic acids is 1. The maximum atomic E-state index is 11.0. The minimum Gasteiger partial charge on any atom is -0.478 e. The molecule has 0 rings (SSSR count). The third kappa shape index (κ3) is 7.42. The molecule has 5 heteroatoms. The predicted octanol–water partition coefficient (Wildman–Crippen LogP) is 0.503. The van der Waals surface area contributed by atoms with E-state index in [0.29, 0.717) is 13.0 Å². The first-order valence-corrected chi connectivity index (χ1v) is 4.59. The zero-order valence-corrected chi connectivity index (χ0v) is 8.87. The molecule has 0 aromatic carbocycles. The van der Waals surface area contributed by atoms with Crippen LogP contribution in [0.4, 0.5) is 0 Å². The number of nitrogens with one attached hydrogen (secondary N) is 1. The Morgan fingerprint density at radius 2 is 1.87 bits per heavy atom. The van der Waals surface area contributed by atoms with Crippen molar-refractivity contribution in [2.75, 3.05) is 6.54 Å². The van der Waals surface area contributed by atoms with E-state index in [2.05, 4.69) is 5.32 Å². The summed E-state index contributed by atoms with van der Waals surface area (Å²) in [7, 11) is 0. The first-order chi connectivity index (χ1) is 6.93. The van der Waals surface area contributed by atoms with Crippen molar-refractivity contribution in [3.8, 4) is 0 Å². The van der Waals surface area contributed by atoms with Gasteiger partial charge in [0.2, 0.25) is 5.91 Å². The van der Waals surface area contributed by atoms with Crippen molar-refractivity contribution in [1.82, 2.24) is 5.32 Å². The van der Waals surface area contributed by atoms with E-state index in [1.54, 1.807) is 0 Å². The summed E-state index contributed by atoms with van der Waals surface area (Å²) >= 11 is 0. The summed E-state index contributed by atoms with van der Waals surface area (Å²) in [6.07, 6.45) is 1.85. The molecule has 15 heavy (non-hydrogen) atoms. The lowest BCUT2D eigenvalue weighted by Crippen LogP contribution is -2.25. The van der Waals surface area contributed by atoms with Crippen LogP contribution in [0.15, 0.2) is 11.6 Å². The molecule has 0 unspecified atom stereocenters. The van der Waals surface area contributed by atoms with Gasteiger partial charge in [-0.25, -0.2) is 4.79 Å². The molecule has 1 amide bonds. The van der Waals surface area contributed by atoms with Crippen molar-refractivity contribution in [2.24, 2.45) is 0 Å². The van der Waals surface area contributed by atoms with Gasteiger partial charge in [0.15, 0.2) is 0 Å². The second kappa shape index (κ2) is 6.75. The maximum Gasteiger partial charge on any atom is 0.330 e. The molecule has 0 aromatic heterocycles. The summed E-state index contributed by atoms with van der Waals surface area (Å²) in [5.41, 5.74) is 0.246. The number of amides is 1. The summed E-state index contributed by atoms with van der Waals surface area (Å²) in [6, 6.07) is 0. The Morgan fingerprint density at radius 3 is 2.33 bits per heavy atom. The van der Waals surface area contributed by atoms with Gasteiger partial charge in [-0.15, -0.1) is 0 Å². The van der Waals surface area contributed by atoms with Crippen molar-refractivity contribution in [3.05, 3.63) is 11.6 Å². The average molecular weight is 213 g/mol. The fourth-order valence-corrected chi connectivity index (χ4v) is 0.876. The van der Waals surface area contributed by atoms with E-state index in [1.165, 1.54) is 19.9 Å². The van der Waals surface area contributed by atoms with Gasteiger partial charge in [0.1, 0.15) is 5.78 Å². The number of carboxylic acids is 1. The van der Waals surface area contributed by atoms with Gasteiger partial charge < -0.3 is 10.4 Å². The summed E-state index contributed by atoms with van der Waals surface area (Å²) in [4.78, 5) is 31.9. The Kier molecular flexibility index (Phi) is 6.01. The molecule has 84 valence electrons. The monoisotopic (exact) mass is 213 g/mol. The summed E-state index contributed by atoms with van der Waals surface area (Å²) < 4.78 is 0. The molecule has 0 atom stereocenters. The zero-order chi connectivity index (χ0) is 11.8. The van der Waals surface area contributed by atoms with Crippen molar-refractivity contribution < 1.29 is 19.5 Å². The third-order valence-electron chi connectivity index (χ3n) is 1.66. The number of carboxylic acid groups (broad SMARTS) is 1. The van der Waals surface area contributed by atoms with E-state index in [9.17, 15) is 14.4 Å². The Labute approximate surface area is 88.2 Å². The number of carbonyl (C=O) groups is 3. The zero-order valence-electron chi connectivity index (χ0n) is 8.87. The standard InChI is InChI=1S/C10H15NO4/c1-7(10(14)15)4-3-5-11-9(13)6-8(2)12/h4H,3,5-6H2,1-2H3,(H,11,13)(H,14,15). The van der Waals surface area contributed by atoms with Crippen LogP contribution in [0, 0.1) is 0 Å². The van der Waals surface area contributed by atoms with Gasteiger partial charge in [-0.3, -0.25) is 9.59 Å². The van der Waals surface area contributed by atoms with E-state index in [0.717, 1.165) is 0 Å². The average Bonchev–Trinajstić information content (AvgIpc) is 2.10. The van der Waals surface area contributed by atoms with Crippen LogP contribution in [-0.4, -0.2) is 29.3 Å². The summed E-state index contributed by atoms with van der Waals surface area (Å²) in [6.45, 7) is 3.17. The van der Waals surface area contributed by atoms with Crippen LogP contribution in [0.2, 0.25) is 0 Å². The molecule has 0 radical (unpaired) electrons. The first kappa shape index (κ1) is 13.4. The SMILES string of the molecule is CC(=O)CC(=O)NCCC=C(C)C(=O)O. The van der Waals surface area contributed by atoms with Gasteiger partial charge in [0, 0.05) is 12.1 Å². The lowest BCUT2D eigenvalue weighted by molar-refractivity contribution is -0.132. The Balaban J connectivity index is 3.72. The van der Waals surface area contributed by atoms with Gasteiger partial charge >= 0.3 is 5.97 Å². The predicted molar refractivity (Wildman–Crippen MR) is 54.3 cm³/mol. The normalized spacial score (nSPS) is 10.9. The van der Waals surface area contributed by atoms with E-state index in [1.807, 2.05) is 0 Å². The van der Waals surface area contributed by atoms with Crippen molar-refractivity contribution in [2.45, 2.75) is 26.7 Å². The number of hydrogen-bond acceptors (Lipinski definition) is 3. The molecule has 0 aliphatic rings. The van der Waals surface area contributed by atoms with Crippen molar-refractivity contribution >= 4 is 17.7 Å². The van der Waals surface area contributed by atoms with Crippen LogP contribution < -0.4 is 5.32 Å². The third-order valence-corrected chi connectivity index (χ3v) is 1.66. The highest BCUT2D eigenvalue weighted by Crippen LogP contribution is 1.94. The van der Waals surface area contributed by atoms with Crippen molar-refractivity contribution in [1.29, 1.82) is 0 Å². The van der Waals surface area contributed by atoms with E-state index >= 15 is 0 Å². The molecule has 0 saturated heterocycles. The quantitative estimate of drug-likeness (QED) is 0.382. The molecule has 0 spiro atoms.